The van der Waals surface area contributed by atoms with Crippen LogP contribution in [0.1, 0.15) is 12.0 Å². The SMILES string of the molecule is O=C(CN1CCC(CO)C1)NCc1cccc(Cl)c1. The largest absolute Gasteiger partial charge is 0.396 e. The molecule has 1 amide bonds. The van der Waals surface area contributed by atoms with Crippen LogP contribution in [0.4, 0.5) is 0 Å². The van der Waals surface area contributed by atoms with E-state index >= 15 is 0 Å². The Hall–Kier alpha value is -1.10. The van der Waals surface area contributed by atoms with Crippen molar-refractivity contribution >= 4 is 17.5 Å². The molecule has 1 aromatic rings. The zero-order chi connectivity index (χ0) is 13.7. The second-order valence-corrected chi connectivity index (χ2v) is 5.42. The molecule has 0 spiro atoms. The number of likely N-dealkylation sites (tertiary alicyclic amines) is 1. The molecule has 4 nitrogen and oxygen atoms in total. The Kier molecular flexibility index (Phi) is 5.19. The summed E-state index contributed by atoms with van der Waals surface area (Å²) in [5.41, 5.74) is 0.996. The summed E-state index contributed by atoms with van der Waals surface area (Å²) in [6.45, 7) is 2.80. The first-order valence-electron chi connectivity index (χ1n) is 6.51. The van der Waals surface area contributed by atoms with Crippen LogP contribution < -0.4 is 5.32 Å². The van der Waals surface area contributed by atoms with Crippen molar-refractivity contribution in [3.63, 3.8) is 0 Å². The molecule has 1 atom stereocenters. The van der Waals surface area contributed by atoms with Crippen LogP contribution >= 0.6 is 11.6 Å². The van der Waals surface area contributed by atoms with E-state index in [0.29, 0.717) is 24.0 Å². The number of hydrogen-bond donors (Lipinski definition) is 2. The van der Waals surface area contributed by atoms with Gasteiger partial charge in [0, 0.05) is 24.7 Å². The highest BCUT2D eigenvalue weighted by atomic mass is 35.5. The maximum absolute atomic E-state index is 11.8. The molecule has 1 saturated heterocycles. The van der Waals surface area contributed by atoms with Gasteiger partial charge in [-0.1, -0.05) is 23.7 Å². The Morgan fingerprint density at radius 2 is 2.37 bits per heavy atom. The molecule has 0 aromatic heterocycles. The number of aliphatic hydroxyl groups excluding tert-OH is 1. The lowest BCUT2D eigenvalue weighted by Gasteiger charge is -2.15. The van der Waals surface area contributed by atoms with Crippen molar-refractivity contribution < 1.29 is 9.90 Å². The van der Waals surface area contributed by atoms with E-state index in [2.05, 4.69) is 10.2 Å². The predicted octanol–water partition coefficient (Wildman–Crippen LogP) is 1.27. The Morgan fingerprint density at radius 3 is 3.05 bits per heavy atom. The molecule has 5 heteroatoms. The summed E-state index contributed by atoms with van der Waals surface area (Å²) >= 11 is 5.89. The maximum Gasteiger partial charge on any atom is 0.234 e. The fourth-order valence-electron chi connectivity index (χ4n) is 2.31. The monoisotopic (exact) mass is 282 g/mol. The van der Waals surface area contributed by atoms with E-state index < -0.39 is 0 Å². The molecule has 1 aliphatic rings. The lowest BCUT2D eigenvalue weighted by atomic mass is 10.1. The predicted molar refractivity (Wildman–Crippen MR) is 74.9 cm³/mol. The number of nitrogens with zero attached hydrogens (tertiary/aromatic N) is 1. The lowest BCUT2D eigenvalue weighted by molar-refractivity contribution is -0.122. The summed E-state index contributed by atoms with van der Waals surface area (Å²) in [7, 11) is 0. The number of benzene rings is 1. The number of amides is 1. The molecular formula is C14H19ClN2O2. The molecule has 2 rings (SSSR count). The zero-order valence-corrected chi connectivity index (χ0v) is 11.6. The molecule has 2 N–H and O–H groups in total. The molecular weight excluding hydrogens is 264 g/mol. The van der Waals surface area contributed by atoms with Crippen molar-refractivity contribution in [2.45, 2.75) is 13.0 Å². The van der Waals surface area contributed by atoms with E-state index in [1.165, 1.54) is 0 Å². The molecule has 1 heterocycles. The maximum atomic E-state index is 11.8. The van der Waals surface area contributed by atoms with Gasteiger partial charge >= 0.3 is 0 Å². The van der Waals surface area contributed by atoms with Crippen LogP contribution in [0, 0.1) is 5.92 Å². The Balaban J connectivity index is 1.73. The van der Waals surface area contributed by atoms with Crippen LogP contribution in [0.25, 0.3) is 0 Å². The minimum atomic E-state index is 0.0126. The summed E-state index contributed by atoms with van der Waals surface area (Å²) in [6, 6.07) is 7.46. The fraction of sp³-hybridized carbons (Fsp3) is 0.500. The van der Waals surface area contributed by atoms with Gasteiger partial charge in [0.05, 0.1) is 6.54 Å². The normalized spacial score (nSPS) is 19.6. The van der Waals surface area contributed by atoms with E-state index in [9.17, 15) is 4.79 Å². The van der Waals surface area contributed by atoms with Crippen molar-refractivity contribution in [2.75, 3.05) is 26.2 Å². The van der Waals surface area contributed by atoms with E-state index in [0.717, 1.165) is 25.1 Å². The Bertz CT molecular complexity index is 439. The minimum Gasteiger partial charge on any atom is -0.396 e. The molecule has 19 heavy (non-hydrogen) atoms. The van der Waals surface area contributed by atoms with Gasteiger partial charge in [0.15, 0.2) is 0 Å². The summed E-state index contributed by atoms with van der Waals surface area (Å²) in [5.74, 6) is 0.333. The average Bonchev–Trinajstić information content (AvgIpc) is 2.84. The molecule has 104 valence electrons. The first kappa shape index (κ1) is 14.3. The van der Waals surface area contributed by atoms with Gasteiger partial charge in [0.1, 0.15) is 0 Å². The van der Waals surface area contributed by atoms with Gasteiger partial charge in [-0.25, -0.2) is 0 Å². The van der Waals surface area contributed by atoms with E-state index in [4.69, 9.17) is 16.7 Å². The van der Waals surface area contributed by atoms with E-state index in [1.807, 2.05) is 24.3 Å². The number of carbonyl (C=O) groups is 1. The highest BCUT2D eigenvalue weighted by molar-refractivity contribution is 6.30. The summed E-state index contributed by atoms with van der Waals surface area (Å²) < 4.78 is 0. The molecule has 0 bridgehead atoms. The molecule has 1 fully saturated rings. The smallest absolute Gasteiger partial charge is 0.234 e. The van der Waals surface area contributed by atoms with Crippen LogP contribution in [0.5, 0.6) is 0 Å². The van der Waals surface area contributed by atoms with Crippen molar-refractivity contribution in [3.05, 3.63) is 34.9 Å². The number of aliphatic hydroxyl groups is 1. The number of nitrogens with one attached hydrogen (secondary N) is 1. The van der Waals surface area contributed by atoms with Gasteiger partial charge < -0.3 is 10.4 Å². The van der Waals surface area contributed by atoms with E-state index in [-0.39, 0.29) is 12.5 Å². The quantitative estimate of drug-likeness (QED) is 0.855. The molecule has 1 aromatic carbocycles. The van der Waals surface area contributed by atoms with Gasteiger partial charge in [0.25, 0.3) is 0 Å². The van der Waals surface area contributed by atoms with Gasteiger partial charge in [-0.2, -0.15) is 0 Å². The third-order valence-electron chi connectivity index (χ3n) is 3.37. The van der Waals surface area contributed by atoms with Crippen LogP contribution in [-0.4, -0.2) is 42.2 Å². The molecule has 0 aliphatic carbocycles. The lowest BCUT2D eigenvalue weighted by Crippen LogP contribution is -2.35. The highest BCUT2D eigenvalue weighted by Crippen LogP contribution is 2.14. The number of hydrogen-bond acceptors (Lipinski definition) is 3. The van der Waals surface area contributed by atoms with Crippen molar-refractivity contribution in [2.24, 2.45) is 5.92 Å². The minimum absolute atomic E-state index is 0.0126. The molecule has 0 radical (unpaired) electrons. The summed E-state index contributed by atoms with van der Waals surface area (Å²) in [5, 5.41) is 12.6. The van der Waals surface area contributed by atoms with Crippen molar-refractivity contribution in [1.29, 1.82) is 0 Å². The number of carbonyl (C=O) groups excluding carboxylic acids is 1. The molecule has 0 saturated carbocycles. The van der Waals surface area contributed by atoms with Crippen LogP contribution in [-0.2, 0) is 11.3 Å². The number of rotatable bonds is 5. The zero-order valence-electron chi connectivity index (χ0n) is 10.8. The van der Waals surface area contributed by atoms with Crippen LogP contribution in [0.3, 0.4) is 0 Å². The van der Waals surface area contributed by atoms with Crippen molar-refractivity contribution in [1.82, 2.24) is 10.2 Å². The third-order valence-corrected chi connectivity index (χ3v) is 3.61. The van der Waals surface area contributed by atoms with Crippen LogP contribution in [0.2, 0.25) is 5.02 Å². The first-order valence-corrected chi connectivity index (χ1v) is 6.89. The summed E-state index contributed by atoms with van der Waals surface area (Å²) in [6.07, 6.45) is 0.970. The van der Waals surface area contributed by atoms with Crippen LogP contribution in [0.15, 0.2) is 24.3 Å². The number of halogens is 1. The van der Waals surface area contributed by atoms with Crippen molar-refractivity contribution in [3.8, 4) is 0 Å². The highest BCUT2D eigenvalue weighted by Gasteiger charge is 2.22. The average molecular weight is 283 g/mol. The second kappa shape index (κ2) is 6.89. The molecule has 1 aliphatic heterocycles. The Labute approximate surface area is 118 Å². The first-order chi connectivity index (χ1) is 9.17. The van der Waals surface area contributed by atoms with E-state index in [1.54, 1.807) is 0 Å². The van der Waals surface area contributed by atoms with Gasteiger partial charge in [0.2, 0.25) is 5.91 Å². The third kappa shape index (κ3) is 4.49. The Morgan fingerprint density at radius 1 is 1.53 bits per heavy atom. The topological polar surface area (TPSA) is 52.6 Å². The standard InChI is InChI=1S/C14H19ClN2O2/c15-13-3-1-2-11(6-13)7-16-14(19)9-17-5-4-12(8-17)10-18/h1-3,6,12,18H,4-5,7-10H2,(H,16,19). The fourth-order valence-corrected chi connectivity index (χ4v) is 2.52. The van der Waals surface area contributed by atoms with Gasteiger partial charge in [-0.05, 0) is 36.6 Å². The van der Waals surface area contributed by atoms with Gasteiger partial charge in [-0.15, -0.1) is 0 Å². The summed E-state index contributed by atoms with van der Waals surface area (Å²) in [4.78, 5) is 13.9. The molecule has 1 unspecified atom stereocenters. The van der Waals surface area contributed by atoms with Gasteiger partial charge in [-0.3, -0.25) is 9.69 Å². The second-order valence-electron chi connectivity index (χ2n) is 4.98.